The van der Waals surface area contributed by atoms with E-state index >= 15 is 0 Å². The van der Waals surface area contributed by atoms with Crippen LogP contribution >= 0.6 is 11.6 Å². The van der Waals surface area contributed by atoms with E-state index in [9.17, 15) is 16.3 Å². The third-order valence-electron chi connectivity index (χ3n) is 7.31. The molecule has 0 amide bonds. The summed E-state index contributed by atoms with van der Waals surface area (Å²) in [6, 6.07) is 22.0. The minimum atomic E-state index is -1.56. The third kappa shape index (κ3) is 5.80. The highest BCUT2D eigenvalue weighted by atomic mass is 35.5. The molecule has 1 aliphatic heterocycles. The molecule has 2 aliphatic rings. The van der Waals surface area contributed by atoms with E-state index in [-0.39, 0.29) is 6.04 Å². The van der Waals surface area contributed by atoms with Crippen LogP contribution in [0.2, 0.25) is 5.02 Å². The molecule has 210 valence electrons. The molecule has 2 heterocycles. The van der Waals surface area contributed by atoms with Crippen LogP contribution in [0.1, 0.15) is 55.8 Å². The van der Waals surface area contributed by atoms with Crippen LogP contribution < -0.4 is 21.6 Å². The zero-order chi connectivity index (χ0) is 30.0. The SMILES string of the molecule is [2H]C(Nc1cc(Cl)c2ncc(C#N)c(NC(CCC#N)c3ccccc3)c2c1)(C1=CN(C2CC2)NN1)c1ccc(F)cc1. The zero-order valence-corrected chi connectivity index (χ0v) is 23.3. The fourth-order valence-corrected chi connectivity index (χ4v) is 5.29. The average Bonchev–Trinajstić information content (AvgIpc) is 3.75. The van der Waals surface area contributed by atoms with Crippen LogP contribution in [0.3, 0.4) is 0 Å². The third-order valence-corrected chi connectivity index (χ3v) is 7.60. The quantitative estimate of drug-likeness (QED) is 0.162. The van der Waals surface area contributed by atoms with Gasteiger partial charge in [0.1, 0.15) is 11.9 Å². The number of hydrogen-bond donors (Lipinski definition) is 4. The molecule has 10 heteroatoms. The first-order valence-corrected chi connectivity index (χ1v) is 14.0. The topological polar surface area (TPSA) is 112 Å². The summed E-state index contributed by atoms with van der Waals surface area (Å²) in [5.41, 5.74) is 10.1. The van der Waals surface area contributed by atoms with Crippen LogP contribution in [-0.2, 0) is 0 Å². The van der Waals surface area contributed by atoms with Gasteiger partial charge in [-0.2, -0.15) is 10.5 Å². The first kappa shape index (κ1) is 26.1. The van der Waals surface area contributed by atoms with E-state index in [2.05, 4.69) is 38.7 Å². The van der Waals surface area contributed by atoms with Crippen LogP contribution in [0.4, 0.5) is 15.8 Å². The standard InChI is InChI=1S/C32H28ClFN8/c33-27-16-24(38-31(21-8-10-23(34)11-9-21)29-19-42(41-40-29)25-12-13-25)15-26-30(22(17-36)18-37-32(26)27)39-28(7-4-14-35)20-5-2-1-3-6-20/h1-3,5-6,8-11,15-16,18-19,25,28,31,38,40-41H,4,7,12-13H2,(H,37,39)/i31D. The van der Waals surface area contributed by atoms with E-state index in [1.54, 1.807) is 24.3 Å². The summed E-state index contributed by atoms with van der Waals surface area (Å²) in [4.78, 5) is 4.47. The Hall–Kier alpha value is -4.83. The Morgan fingerprint density at radius 3 is 2.60 bits per heavy atom. The number of nitrogens with zero attached hydrogens (tertiary/aromatic N) is 4. The number of anilines is 2. The molecular weight excluding hydrogens is 551 g/mol. The molecule has 2 atom stereocenters. The molecule has 1 saturated carbocycles. The fourth-order valence-electron chi connectivity index (χ4n) is 5.02. The predicted octanol–water partition coefficient (Wildman–Crippen LogP) is 6.84. The van der Waals surface area contributed by atoms with E-state index in [1.165, 1.54) is 18.3 Å². The Morgan fingerprint density at radius 2 is 1.88 bits per heavy atom. The predicted molar refractivity (Wildman–Crippen MR) is 161 cm³/mol. The number of benzene rings is 3. The van der Waals surface area contributed by atoms with Gasteiger partial charge in [0.2, 0.25) is 0 Å². The number of rotatable bonds is 10. The van der Waals surface area contributed by atoms with Crippen molar-refractivity contribution < 1.29 is 5.76 Å². The summed E-state index contributed by atoms with van der Waals surface area (Å²) in [5.74, 6) is -0.402. The lowest BCUT2D eigenvalue weighted by Crippen LogP contribution is -2.38. The number of aromatic nitrogens is 1. The highest BCUT2D eigenvalue weighted by Crippen LogP contribution is 2.38. The second kappa shape index (κ2) is 12.0. The Bertz CT molecular complexity index is 1770. The Morgan fingerprint density at radius 1 is 1.10 bits per heavy atom. The molecule has 2 unspecified atom stereocenters. The molecule has 4 N–H and O–H groups in total. The van der Waals surface area contributed by atoms with Gasteiger partial charge in [-0.15, -0.1) is 5.53 Å². The highest BCUT2D eigenvalue weighted by Gasteiger charge is 2.32. The van der Waals surface area contributed by atoms with E-state index in [1.807, 2.05) is 41.5 Å². The first-order valence-electron chi connectivity index (χ1n) is 14.2. The lowest BCUT2D eigenvalue weighted by atomic mass is 10.00. The summed E-state index contributed by atoms with van der Waals surface area (Å²) in [6.45, 7) is 0. The molecule has 1 aromatic heterocycles. The van der Waals surface area contributed by atoms with Crippen molar-refractivity contribution in [3.05, 3.63) is 112 Å². The minimum Gasteiger partial charge on any atom is -0.377 e. The molecule has 3 aromatic carbocycles. The van der Waals surface area contributed by atoms with Crippen LogP contribution in [0.15, 0.2) is 84.8 Å². The zero-order valence-electron chi connectivity index (χ0n) is 23.5. The van der Waals surface area contributed by atoms with Crippen molar-refractivity contribution in [3.63, 3.8) is 0 Å². The number of nitrogens with one attached hydrogen (secondary N) is 4. The lowest BCUT2D eigenvalue weighted by molar-refractivity contribution is 0.260. The number of hydrazine groups is 2. The summed E-state index contributed by atoms with van der Waals surface area (Å²) in [7, 11) is 0. The van der Waals surface area contributed by atoms with Crippen LogP contribution in [0.5, 0.6) is 0 Å². The van der Waals surface area contributed by atoms with Crippen molar-refractivity contribution in [1.29, 1.82) is 10.5 Å². The number of fused-ring (bicyclic) bond motifs is 1. The summed E-state index contributed by atoms with van der Waals surface area (Å²) in [5, 5.41) is 29.0. The highest BCUT2D eigenvalue weighted by molar-refractivity contribution is 6.35. The summed E-state index contributed by atoms with van der Waals surface area (Å²) < 4.78 is 23.5. The van der Waals surface area contributed by atoms with Gasteiger partial charge >= 0.3 is 0 Å². The maximum atomic E-state index is 13.9. The molecular formula is C32H28ClFN8. The van der Waals surface area contributed by atoms with Crippen molar-refractivity contribution in [1.82, 2.24) is 21.0 Å². The second-order valence-corrected chi connectivity index (χ2v) is 10.6. The molecule has 0 bridgehead atoms. The Kier molecular flexibility index (Phi) is 7.43. The summed E-state index contributed by atoms with van der Waals surface area (Å²) in [6.07, 6.45) is 6.27. The maximum absolute atomic E-state index is 13.9. The summed E-state index contributed by atoms with van der Waals surface area (Å²) >= 11 is 6.78. The number of nitriles is 2. The largest absolute Gasteiger partial charge is 0.377 e. The van der Waals surface area contributed by atoms with E-state index in [0.717, 1.165) is 18.4 Å². The van der Waals surface area contributed by atoms with Gasteiger partial charge in [0.25, 0.3) is 0 Å². The van der Waals surface area contributed by atoms with Crippen molar-refractivity contribution in [2.45, 2.75) is 43.8 Å². The molecule has 8 nitrogen and oxygen atoms in total. The molecule has 4 aromatic rings. The van der Waals surface area contributed by atoms with Gasteiger partial charge in [-0.25, -0.2) is 4.39 Å². The van der Waals surface area contributed by atoms with Gasteiger partial charge in [0.05, 0.1) is 47.0 Å². The second-order valence-electron chi connectivity index (χ2n) is 10.2. The van der Waals surface area contributed by atoms with E-state index < -0.39 is 11.8 Å². The maximum Gasteiger partial charge on any atom is 0.123 e. The number of hydrogen-bond acceptors (Lipinski definition) is 8. The van der Waals surface area contributed by atoms with Crippen molar-refractivity contribution in [2.24, 2.45) is 0 Å². The van der Waals surface area contributed by atoms with Crippen LogP contribution in [0, 0.1) is 28.5 Å². The van der Waals surface area contributed by atoms with Gasteiger partial charge in [-0.3, -0.25) is 9.99 Å². The molecule has 42 heavy (non-hydrogen) atoms. The Balaban J connectivity index is 1.44. The van der Waals surface area contributed by atoms with Crippen LogP contribution in [-0.4, -0.2) is 16.0 Å². The molecule has 0 spiro atoms. The average molecular weight is 580 g/mol. The monoisotopic (exact) mass is 579 g/mol. The lowest BCUT2D eigenvalue weighted by Gasteiger charge is -2.24. The van der Waals surface area contributed by atoms with E-state index in [4.69, 9.17) is 11.6 Å². The Labute approximate surface area is 249 Å². The van der Waals surface area contributed by atoms with Gasteiger partial charge in [0.15, 0.2) is 0 Å². The fraction of sp³-hybridized carbons (Fsp3) is 0.219. The molecule has 1 fully saturated rings. The van der Waals surface area contributed by atoms with Gasteiger partial charge in [-0.1, -0.05) is 54.1 Å². The normalized spacial score (nSPS) is 16.8. The van der Waals surface area contributed by atoms with Crippen molar-refractivity contribution in [3.8, 4) is 12.1 Å². The van der Waals surface area contributed by atoms with Gasteiger partial charge in [0, 0.05) is 35.9 Å². The molecule has 1 aliphatic carbocycles. The van der Waals surface area contributed by atoms with Crippen molar-refractivity contribution >= 4 is 33.9 Å². The van der Waals surface area contributed by atoms with Crippen LogP contribution in [0.25, 0.3) is 10.9 Å². The van der Waals surface area contributed by atoms with Crippen molar-refractivity contribution in [2.75, 3.05) is 10.6 Å². The molecule has 0 radical (unpaired) electrons. The number of pyridine rings is 1. The van der Waals surface area contributed by atoms with Gasteiger partial charge in [-0.05, 0) is 54.7 Å². The minimum absolute atomic E-state index is 0.254. The first-order chi connectivity index (χ1) is 20.9. The number of halogens is 2. The van der Waals surface area contributed by atoms with E-state index in [0.29, 0.717) is 63.0 Å². The van der Waals surface area contributed by atoms with Gasteiger partial charge < -0.3 is 16.1 Å². The molecule has 0 saturated heterocycles. The smallest absolute Gasteiger partial charge is 0.123 e. The molecule has 6 rings (SSSR count).